The zero-order valence-corrected chi connectivity index (χ0v) is 13.8. The van der Waals surface area contributed by atoms with E-state index in [9.17, 15) is 13.2 Å². The van der Waals surface area contributed by atoms with E-state index in [0.717, 1.165) is 17.7 Å². The van der Waals surface area contributed by atoms with Gasteiger partial charge < -0.3 is 4.90 Å². The fraction of sp³-hybridized carbons (Fsp3) is 0.250. The van der Waals surface area contributed by atoms with Crippen LogP contribution in [0.2, 0.25) is 0 Å². The van der Waals surface area contributed by atoms with Crippen LogP contribution in [-0.4, -0.2) is 42.5 Å². The Kier molecular flexibility index (Phi) is 4.50. The third-order valence-electron chi connectivity index (χ3n) is 3.92. The number of carbonyl (C=O) groups is 1. The molecule has 1 amide bonds. The fourth-order valence-electron chi connectivity index (χ4n) is 2.61. The van der Waals surface area contributed by atoms with E-state index in [-0.39, 0.29) is 17.3 Å². The first-order valence-electron chi connectivity index (χ1n) is 7.52. The molecule has 2 aromatic rings. The SMILES string of the molecule is C=CCNS(=O)(=O)c1ccc(C(=O)N2CCc3[nH]ncc3C2)cc1. The van der Waals surface area contributed by atoms with Crippen molar-refractivity contribution in [3.05, 3.63) is 59.9 Å². The van der Waals surface area contributed by atoms with Crippen molar-refractivity contribution in [2.24, 2.45) is 0 Å². The Morgan fingerprint density at radius 1 is 1.38 bits per heavy atom. The number of hydrogen-bond donors (Lipinski definition) is 2. The van der Waals surface area contributed by atoms with Crippen LogP contribution < -0.4 is 4.72 Å². The number of hydrogen-bond acceptors (Lipinski definition) is 4. The minimum atomic E-state index is -3.58. The minimum Gasteiger partial charge on any atom is -0.334 e. The number of H-pyrrole nitrogens is 1. The monoisotopic (exact) mass is 346 g/mol. The van der Waals surface area contributed by atoms with Crippen LogP contribution in [0.1, 0.15) is 21.6 Å². The van der Waals surface area contributed by atoms with E-state index in [2.05, 4.69) is 21.5 Å². The number of fused-ring (bicyclic) bond motifs is 1. The third kappa shape index (κ3) is 3.24. The maximum absolute atomic E-state index is 12.6. The molecule has 0 unspecified atom stereocenters. The highest BCUT2D eigenvalue weighted by atomic mass is 32.2. The Bertz CT molecular complexity index is 856. The summed E-state index contributed by atoms with van der Waals surface area (Å²) in [5.41, 5.74) is 2.54. The molecular weight excluding hydrogens is 328 g/mol. The van der Waals surface area contributed by atoms with Gasteiger partial charge in [-0.15, -0.1) is 6.58 Å². The van der Waals surface area contributed by atoms with E-state index < -0.39 is 10.0 Å². The fourth-order valence-corrected chi connectivity index (χ4v) is 3.60. The summed E-state index contributed by atoms with van der Waals surface area (Å²) in [6.07, 6.45) is 3.94. The molecule has 2 heterocycles. The highest BCUT2D eigenvalue weighted by Crippen LogP contribution is 2.19. The summed E-state index contributed by atoms with van der Waals surface area (Å²) in [4.78, 5) is 14.4. The lowest BCUT2D eigenvalue weighted by Gasteiger charge is -2.26. The zero-order valence-electron chi connectivity index (χ0n) is 13.0. The average molecular weight is 346 g/mol. The summed E-state index contributed by atoms with van der Waals surface area (Å²) in [6, 6.07) is 5.95. The molecule has 0 aliphatic carbocycles. The van der Waals surface area contributed by atoms with Gasteiger partial charge in [-0.1, -0.05) is 6.08 Å². The zero-order chi connectivity index (χ0) is 17.2. The average Bonchev–Trinajstić information content (AvgIpc) is 3.07. The number of rotatable bonds is 5. The molecule has 0 bridgehead atoms. The second-order valence-electron chi connectivity index (χ2n) is 5.52. The van der Waals surface area contributed by atoms with Crippen molar-refractivity contribution < 1.29 is 13.2 Å². The van der Waals surface area contributed by atoms with Gasteiger partial charge in [-0.25, -0.2) is 13.1 Å². The number of aromatic nitrogens is 2. The van der Waals surface area contributed by atoms with E-state index in [1.54, 1.807) is 11.1 Å². The number of carbonyl (C=O) groups excluding carboxylic acids is 1. The van der Waals surface area contributed by atoms with Crippen LogP contribution in [-0.2, 0) is 23.0 Å². The van der Waals surface area contributed by atoms with Crippen LogP contribution in [0.5, 0.6) is 0 Å². The Labute approximate surface area is 140 Å². The summed E-state index contributed by atoms with van der Waals surface area (Å²) in [7, 11) is -3.58. The van der Waals surface area contributed by atoms with Gasteiger partial charge >= 0.3 is 0 Å². The lowest BCUT2D eigenvalue weighted by Crippen LogP contribution is -2.35. The van der Waals surface area contributed by atoms with Crippen molar-refractivity contribution in [1.29, 1.82) is 0 Å². The van der Waals surface area contributed by atoms with Gasteiger partial charge in [0, 0.05) is 42.9 Å². The molecule has 3 rings (SSSR count). The van der Waals surface area contributed by atoms with Gasteiger partial charge in [-0.2, -0.15) is 5.10 Å². The number of amides is 1. The van der Waals surface area contributed by atoms with Crippen LogP contribution in [0.3, 0.4) is 0 Å². The summed E-state index contributed by atoms with van der Waals surface area (Å²) in [5.74, 6) is -0.121. The van der Waals surface area contributed by atoms with Gasteiger partial charge in [0.2, 0.25) is 10.0 Å². The maximum atomic E-state index is 12.6. The number of aromatic amines is 1. The molecule has 7 nitrogen and oxygen atoms in total. The van der Waals surface area contributed by atoms with Gasteiger partial charge in [0.05, 0.1) is 11.1 Å². The molecule has 2 N–H and O–H groups in total. The third-order valence-corrected chi connectivity index (χ3v) is 5.36. The number of nitrogens with one attached hydrogen (secondary N) is 2. The lowest BCUT2D eigenvalue weighted by atomic mass is 10.1. The van der Waals surface area contributed by atoms with Gasteiger partial charge in [-0.3, -0.25) is 9.89 Å². The van der Waals surface area contributed by atoms with E-state index in [1.165, 1.54) is 30.3 Å². The number of nitrogens with zero attached hydrogens (tertiary/aromatic N) is 2. The second-order valence-corrected chi connectivity index (χ2v) is 7.28. The van der Waals surface area contributed by atoms with Gasteiger partial charge in [0.15, 0.2) is 0 Å². The molecule has 1 aromatic carbocycles. The van der Waals surface area contributed by atoms with Crippen molar-refractivity contribution in [2.75, 3.05) is 13.1 Å². The molecule has 126 valence electrons. The van der Waals surface area contributed by atoms with E-state index in [1.807, 2.05) is 0 Å². The van der Waals surface area contributed by atoms with Crippen molar-refractivity contribution in [1.82, 2.24) is 19.8 Å². The van der Waals surface area contributed by atoms with Gasteiger partial charge in [0.1, 0.15) is 0 Å². The van der Waals surface area contributed by atoms with Crippen molar-refractivity contribution >= 4 is 15.9 Å². The lowest BCUT2D eigenvalue weighted by molar-refractivity contribution is 0.0734. The summed E-state index contributed by atoms with van der Waals surface area (Å²) < 4.78 is 26.4. The molecule has 0 saturated carbocycles. The van der Waals surface area contributed by atoms with Crippen LogP contribution in [0.4, 0.5) is 0 Å². The van der Waals surface area contributed by atoms with E-state index in [0.29, 0.717) is 18.7 Å². The molecule has 1 aliphatic rings. The van der Waals surface area contributed by atoms with Gasteiger partial charge in [0.25, 0.3) is 5.91 Å². The molecule has 0 atom stereocenters. The molecular formula is C16H18N4O3S. The largest absolute Gasteiger partial charge is 0.334 e. The van der Waals surface area contributed by atoms with E-state index in [4.69, 9.17) is 0 Å². The molecule has 0 radical (unpaired) electrons. The van der Waals surface area contributed by atoms with Crippen molar-refractivity contribution in [3.8, 4) is 0 Å². The summed E-state index contributed by atoms with van der Waals surface area (Å²) >= 11 is 0. The number of benzene rings is 1. The highest BCUT2D eigenvalue weighted by Gasteiger charge is 2.23. The Hall–Kier alpha value is -2.45. The quantitative estimate of drug-likeness (QED) is 0.792. The predicted molar refractivity (Wildman–Crippen MR) is 88.9 cm³/mol. The van der Waals surface area contributed by atoms with Gasteiger partial charge in [-0.05, 0) is 24.3 Å². The summed E-state index contributed by atoms with van der Waals surface area (Å²) in [6.45, 7) is 4.74. The second kappa shape index (κ2) is 6.58. The molecule has 0 fully saturated rings. The first-order chi connectivity index (χ1) is 11.5. The predicted octanol–water partition coefficient (Wildman–Crippen LogP) is 1.07. The first kappa shape index (κ1) is 16.4. The maximum Gasteiger partial charge on any atom is 0.254 e. The number of sulfonamides is 1. The minimum absolute atomic E-state index is 0.121. The Morgan fingerprint density at radius 2 is 2.12 bits per heavy atom. The molecule has 0 saturated heterocycles. The molecule has 1 aliphatic heterocycles. The van der Waals surface area contributed by atoms with Crippen molar-refractivity contribution in [2.45, 2.75) is 17.9 Å². The standard InChI is InChI=1S/C16H18N4O3S/c1-2-8-18-24(22,23)14-5-3-12(4-6-14)16(21)20-9-7-15-13(11-20)10-17-19-15/h2-6,10,18H,1,7-9,11H2,(H,17,19). The highest BCUT2D eigenvalue weighted by molar-refractivity contribution is 7.89. The molecule has 1 aromatic heterocycles. The van der Waals surface area contributed by atoms with Crippen LogP contribution in [0.15, 0.2) is 48.0 Å². The van der Waals surface area contributed by atoms with Crippen LogP contribution in [0, 0.1) is 0 Å². The van der Waals surface area contributed by atoms with E-state index >= 15 is 0 Å². The molecule has 8 heteroatoms. The Balaban J connectivity index is 1.74. The van der Waals surface area contributed by atoms with Crippen LogP contribution >= 0.6 is 0 Å². The normalized spacial score (nSPS) is 14.2. The Morgan fingerprint density at radius 3 is 2.83 bits per heavy atom. The van der Waals surface area contributed by atoms with Crippen LogP contribution in [0.25, 0.3) is 0 Å². The first-order valence-corrected chi connectivity index (χ1v) is 9.00. The van der Waals surface area contributed by atoms with Crippen molar-refractivity contribution in [3.63, 3.8) is 0 Å². The molecule has 24 heavy (non-hydrogen) atoms. The topological polar surface area (TPSA) is 95.2 Å². The summed E-state index contributed by atoms with van der Waals surface area (Å²) in [5, 5.41) is 6.92. The molecule has 0 spiro atoms. The smallest absolute Gasteiger partial charge is 0.254 e.